The van der Waals surface area contributed by atoms with Crippen molar-refractivity contribution >= 4 is 35.1 Å². The molecule has 0 saturated heterocycles. The van der Waals surface area contributed by atoms with Gasteiger partial charge in [-0.15, -0.1) is 12.6 Å². The number of hydrogen-bond donors (Lipinski definition) is 3. The van der Waals surface area contributed by atoms with Crippen LogP contribution in [0.4, 0.5) is 5.69 Å². The van der Waals surface area contributed by atoms with E-state index in [1.54, 1.807) is 12.1 Å². The van der Waals surface area contributed by atoms with Gasteiger partial charge < -0.3 is 15.4 Å². The minimum atomic E-state index is -0.329. The van der Waals surface area contributed by atoms with Gasteiger partial charge in [0.25, 0.3) is 0 Å². The molecule has 0 aliphatic heterocycles. The molecular weight excluding hydrogens is 332 g/mol. The number of benzene rings is 3. The van der Waals surface area contributed by atoms with Crippen LogP contribution in [0.15, 0.2) is 65.6 Å². The van der Waals surface area contributed by atoms with Gasteiger partial charge in [-0.25, -0.2) is 4.79 Å². The molecule has 0 unspecified atom stereocenters. The Balaban J connectivity index is 1.62. The van der Waals surface area contributed by atoms with E-state index < -0.39 is 0 Å². The number of esters is 1. The number of rotatable bonds is 6. The summed E-state index contributed by atoms with van der Waals surface area (Å²) >= 11 is 4.36. The lowest BCUT2D eigenvalue weighted by molar-refractivity contribution is -0.132. The predicted molar refractivity (Wildman–Crippen MR) is 105 cm³/mol. The Bertz CT molecular complexity index is 879. The first-order chi connectivity index (χ1) is 12.2. The van der Waals surface area contributed by atoms with Gasteiger partial charge in [0.1, 0.15) is 12.3 Å². The summed E-state index contributed by atoms with van der Waals surface area (Å²) in [6.45, 7) is 0.880. The van der Waals surface area contributed by atoms with Gasteiger partial charge in [0, 0.05) is 22.5 Å². The molecule has 0 atom stereocenters. The fraction of sp³-hybridized carbons (Fsp3) is 0.150. The van der Waals surface area contributed by atoms with E-state index in [1.165, 1.54) is 0 Å². The lowest BCUT2D eigenvalue weighted by Gasteiger charge is -2.10. The summed E-state index contributed by atoms with van der Waals surface area (Å²) in [6, 6.07) is 19.3. The van der Waals surface area contributed by atoms with Crippen LogP contribution in [0.25, 0.3) is 10.8 Å². The molecular formula is C20H20N2O2S. The van der Waals surface area contributed by atoms with Crippen molar-refractivity contribution in [1.29, 1.82) is 0 Å². The first-order valence-corrected chi connectivity index (χ1v) is 8.50. The molecule has 128 valence electrons. The molecule has 25 heavy (non-hydrogen) atoms. The number of hydrogen-bond acceptors (Lipinski definition) is 5. The fourth-order valence-corrected chi connectivity index (χ4v) is 2.85. The predicted octanol–water partition coefficient (Wildman–Crippen LogP) is 3.87. The van der Waals surface area contributed by atoms with Crippen molar-refractivity contribution in [2.75, 3.05) is 18.9 Å². The topological polar surface area (TPSA) is 50.4 Å². The van der Waals surface area contributed by atoms with Crippen molar-refractivity contribution in [2.24, 2.45) is 0 Å². The van der Waals surface area contributed by atoms with Crippen LogP contribution in [0, 0.1) is 0 Å². The monoisotopic (exact) mass is 352 g/mol. The minimum Gasteiger partial charge on any atom is -0.425 e. The highest BCUT2D eigenvalue weighted by Gasteiger charge is 2.07. The Morgan fingerprint density at radius 2 is 1.88 bits per heavy atom. The molecule has 0 spiro atoms. The van der Waals surface area contributed by atoms with Crippen LogP contribution in [0.3, 0.4) is 0 Å². The van der Waals surface area contributed by atoms with Gasteiger partial charge in [0.05, 0.1) is 0 Å². The summed E-state index contributed by atoms with van der Waals surface area (Å²) in [7, 11) is 1.89. The van der Waals surface area contributed by atoms with E-state index in [1.807, 2.05) is 55.6 Å². The van der Waals surface area contributed by atoms with Crippen molar-refractivity contribution in [3.05, 3.63) is 66.2 Å². The van der Waals surface area contributed by atoms with Gasteiger partial charge in [-0.3, -0.25) is 0 Å². The molecule has 5 heteroatoms. The van der Waals surface area contributed by atoms with E-state index in [4.69, 9.17) is 4.74 Å². The van der Waals surface area contributed by atoms with E-state index in [0.29, 0.717) is 5.75 Å². The van der Waals surface area contributed by atoms with Gasteiger partial charge in [-0.05, 0) is 48.3 Å². The Morgan fingerprint density at radius 3 is 2.64 bits per heavy atom. The molecule has 3 aromatic rings. The maximum Gasteiger partial charge on any atom is 0.330 e. The largest absolute Gasteiger partial charge is 0.425 e. The zero-order valence-electron chi connectivity index (χ0n) is 14.0. The Hall–Kier alpha value is -2.50. The summed E-state index contributed by atoms with van der Waals surface area (Å²) < 4.78 is 5.37. The molecule has 0 saturated carbocycles. The third-order valence-corrected chi connectivity index (χ3v) is 4.10. The third-order valence-electron chi connectivity index (χ3n) is 3.82. The molecule has 4 nitrogen and oxygen atoms in total. The first kappa shape index (κ1) is 17.3. The Kier molecular flexibility index (Phi) is 5.58. The van der Waals surface area contributed by atoms with Crippen LogP contribution in [-0.2, 0) is 11.3 Å². The van der Waals surface area contributed by atoms with Crippen molar-refractivity contribution in [2.45, 2.75) is 11.4 Å². The van der Waals surface area contributed by atoms with Gasteiger partial charge in [-0.2, -0.15) is 0 Å². The SMILES string of the molecule is CNCc1ccc(OC(=O)CNc2cccc3cc(S)ccc23)cc1. The maximum atomic E-state index is 12.1. The average Bonchev–Trinajstić information content (AvgIpc) is 2.61. The van der Waals surface area contributed by atoms with Crippen LogP contribution in [-0.4, -0.2) is 19.6 Å². The minimum absolute atomic E-state index is 0.0972. The van der Waals surface area contributed by atoms with E-state index >= 15 is 0 Å². The van der Waals surface area contributed by atoms with Crippen LogP contribution in [0.2, 0.25) is 0 Å². The molecule has 0 heterocycles. The van der Waals surface area contributed by atoms with Gasteiger partial charge >= 0.3 is 5.97 Å². The van der Waals surface area contributed by atoms with Crippen molar-refractivity contribution < 1.29 is 9.53 Å². The highest BCUT2D eigenvalue weighted by molar-refractivity contribution is 7.80. The highest BCUT2D eigenvalue weighted by Crippen LogP contribution is 2.25. The van der Waals surface area contributed by atoms with E-state index in [9.17, 15) is 4.79 Å². The lowest BCUT2D eigenvalue weighted by Crippen LogP contribution is -2.19. The maximum absolute atomic E-state index is 12.1. The number of fused-ring (bicyclic) bond motifs is 1. The van der Waals surface area contributed by atoms with Crippen LogP contribution in [0.1, 0.15) is 5.56 Å². The second kappa shape index (κ2) is 8.05. The lowest BCUT2D eigenvalue weighted by atomic mass is 10.1. The summed E-state index contributed by atoms with van der Waals surface area (Å²) in [5.74, 6) is 0.216. The highest BCUT2D eigenvalue weighted by atomic mass is 32.1. The summed E-state index contributed by atoms with van der Waals surface area (Å²) in [5.41, 5.74) is 2.03. The van der Waals surface area contributed by atoms with Crippen LogP contribution in [0.5, 0.6) is 5.75 Å². The summed E-state index contributed by atoms with van der Waals surface area (Å²) in [5, 5.41) is 8.35. The quantitative estimate of drug-likeness (QED) is 0.358. The standard InChI is InChI=1S/C20H20N2O2S/c1-21-12-14-5-7-16(8-6-14)24-20(23)13-22-19-4-2-3-15-11-17(25)9-10-18(15)19/h2-11,21-22,25H,12-13H2,1H3. The molecule has 0 amide bonds. The summed E-state index contributed by atoms with van der Waals surface area (Å²) in [6.07, 6.45) is 0. The van der Waals surface area contributed by atoms with Crippen LogP contribution < -0.4 is 15.4 Å². The molecule has 0 bridgehead atoms. The zero-order valence-corrected chi connectivity index (χ0v) is 14.8. The molecule has 3 aromatic carbocycles. The van der Waals surface area contributed by atoms with Crippen molar-refractivity contribution in [3.63, 3.8) is 0 Å². The number of ether oxygens (including phenoxy) is 1. The molecule has 2 N–H and O–H groups in total. The van der Waals surface area contributed by atoms with E-state index in [2.05, 4.69) is 23.3 Å². The molecule has 0 aliphatic rings. The molecule has 0 aromatic heterocycles. The number of anilines is 1. The Morgan fingerprint density at radius 1 is 1.08 bits per heavy atom. The molecule has 0 aliphatic carbocycles. The van der Waals surface area contributed by atoms with Crippen LogP contribution >= 0.6 is 12.6 Å². The second-order valence-corrected chi connectivity index (χ2v) is 6.23. The van der Waals surface area contributed by atoms with E-state index in [-0.39, 0.29) is 12.5 Å². The number of thiol groups is 1. The molecule has 0 radical (unpaired) electrons. The zero-order chi connectivity index (χ0) is 17.6. The van der Waals surface area contributed by atoms with E-state index in [0.717, 1.165) is 33.5 Å². The van der Waals surface area contributed by atoms with Gasteiger partial charge in [0.15, 0.2) is 0 Å². The first-order valence-electron chi connectivity index (χ1n) is 8.05. The second-order valence-electron chi connectivity index (χ2n) is 5.71. The molecule has 0 fully saturated rings. The molecule has 3 rings (SSSR count). The fourth-order valence-electron chi connectivity index (χ4n) is 2.64. The van der Waals surface area contributed by atoms with Crippen molar-refractivity contribution in [3.8, 4) is 5.75 Å². The number of carbonyl (C=O) groups excluding carboxylic acids is 1. The third kappa shape index (κ3) is 4.53. The van der Waals surface area contributed by atoms with Gasteiger partial charge in [-0.1, -0.05) is 30.3 Å². The normalized spacial score (nSPS) is 10.6. The number of nitrogens with one attached hydrogen (secondary N) is 2. The average molecular weight is 352 g/mol. The Labute approximate surface area is 152 Å². The number of carbonyl (C=O) groups is 1. The van der Waals surface area contributed by atoms with Gasteiger partial charge in [0.2, 0.25) is 0 Å². The smallest absolute Gasteiger partial charge is 0.330 e. The summed E-state index contributed by atoms with van der Waals surface area (Å²) in [4.78, 5) is 13.0. The van der Waals surface area contributed by atoms with Crippen molar-refractivity contribution in [1.82, 2.24) is 5.32 Å².